The molecule has 0 aliphatic carbocycles. The molecule has 2 rings (SSSR count). The molecule has 0 spiro atoms. The van der Waals surface area contributed by atoms with E-state index in [2.05, 4.69) is 26.3 Å². The molecule has 0 bridgehead atoms. The van der Waals surface area contributed by atoms with Gasteiger partial charge in [-0.05, 0) is 48.7 Å². The monoisotopic (exact) mass is 323 g/mol. The lowest BCUT2D eigenvalue weighted by molar-refractivity contribution is 0.518. The van der Waals surface area contributed by atoms with Gasteiger partial charge in [-0.1, -0.05) is 22.0 Å². The van der Waals surface area contributed by atoms with Gasteiger partial charge in [0, 0.05) is 10.7 Å². The Morgan fingerprint density at radius 3 is 2.79 bits per heavy atom. The molecule has 0 aliphatic rings. The molecule has 3 N–H and O–H groups in total. The van der Waals surface area contributed by atoms with Gasteiger partial charge in [0.15, 0.2) is 0 Å². The van der Waals surface area contributed by atoms with Gasteiger partial charge in [0.25, 0.3) is 0 Å². The Morgan fingerprint density at radius 2 is 2.16 bits per heavy atom. The topological polar surface area (TPSA) is 50.9 Å². The molecular weight excluding hydrogens is 309 g/mol. The standard InChI is InChI=1S/C14H15BrFN3/c1-9-4-5-18-13(6-9)14(19-17)7-10-2-3-11(15)8-12(10)16/h2-6,8,14,19H,7,17H2,1H3. The Labute approximate surface area is 120 Å². The number of nitrogens with zero attached hydrogens (tertiary/aromatic N) is 1. The summed E-state index contributed by atoms with van der Waals surface area (Å²) in [7, 11) is 0. The summed E-state index contributed by atoms with van der Waals surface area (Å²) < 4.78 is 14.5. The second-order valence-corrected chi connectivity index (χ2v) is 5.33. The highest BCUT2D eigenvalue weighted by atomic mass is 79.9. The van der Waals surface area contributed by atoms with Gasteiger partial charge >= 0.3 is 0 Å². The molecule has 0 aliphatic heterocycles. The summed E-state index contributed by atoms with van der Waals surface area (Å²) in [5.41, 5.74) is 5.21. The van der Waals surface area contributed by atoms with E-state index in [-0.39, 0.29) is 11.9 Å². The lowest BCUT2D eigenvalue weighted by atomic mass is 10.0. The van der Waals surface area contributed by atoms with E-state index in [4.69, 9.17) is 5.84 Å². The molecule has 1 unspecified atom stereocenters. The van der Waals surface area contributed by atoms with Gasteiger partial charge in [-0.2, -0.15) is 0 Å². The van der Waals surface area contributed by atoms with Crippen molar-refractivity contribution in [3.05, 3.63) is 63.6 Å². The number of hydrogen-bond donors (Lipinski definition) is 2. The van der Waals surface area contributed by atoms with Crippen molar-refractivity contribution in [2.75, 3.05) is 0 Å². The fourth-order valence-electron chi connectivity index (χ4n) is 1.91. The van der Waals surface area contributed by atoms with Crippen molar-refractivity contribution in [2.24, 2.45) is 5.84 Å². The van der Waals surface area contributed by atoms with Crippen LogP contribution in [0.5, 0.6) is 0 Å². The predicted octanol–water partition coefficient (Wildman–Crippen LogP) is 3.04. The predicted molar refractivity (Wildman–Crippen MR) is 76.8 cm³/mol. The second kappa shape index (κ2) is 6.23. The molecule has 0 saturated carbocycles. The first-order valence-corrected chi connectivity index (χ1v) is 6.72. The van der Waals surface area contributed by atoms with E-state index in [0.29, 0.717) is 12.0 Å². The van der Waals surface area contributed by atoms with E-state index < -0.39 is 0 Å². The second-order valence-electron chi connectivity index (χ2n) is 4.42. The van der Waals surface area contributed by atoms with Crippen LogP contribution in [-0.2, 0) is 6.42 Å². The van der Waals surface area contributed by atoms with Crippen molar-refractivity contribution in [3.8, 4) is 0 Å². The summed E-state index contributed by atoms with van der Waals surface area (Å²) in [5, 5.41) is 0. The largest absolute Gasteiger partial charge is 0.271 e. The molecule has 0 fully saturated rings. The number of rotatable bonds is 4. The minimum atomic E-state index is -0.248. The van der Waals surface area contributed by atoms with Crippen LogP contribution in [0.3, 0.4) is 0 Å². The van der Waals surface area contributed by atoms with E-state index in [1.54, 1.807) is 12.3 Å². The summed E-state index contributed by atoms with van der Waals surface area (Å²) in [4.78, 5) is 4.28. The zero-order valence-corrected chi connectivity index (χ0v) is 12.1. The normalized spacial score (nSPS) is 12.4. The quantitative estimate of drug-likeness (QED) is 0.671. The first-order chi connectivity index (χ1) is 9.10. The Kier molecular flexibility index (Phi) is 4.63. The van der Waals surface area contributed by atoms with Gasteiger partial charge in [-0.3, -0.25) is 16.3 Å². The van der Waals surface area contributed by atoms with E-state index in [1.165, 1.54) is 6.07 Å². The van der Waals surface area contributed by atoms with Gasteiger partial charge in [0.2, 0.25) is 0 Å². The molecular formula is C14H15BrFN3. The lowest BCUT2D eigenvalue weighted by Crippen LogP contribution is -2.30. The maximum atomic E-state index is 13.8. The van der Waals surface area contributed by atoms with Crippen LogP contribution in [0, 0.1) is 12.7 Å². The van der Waals surface area contributed by atoms with Crippen LogP contribution >= 0.6 is 15.9 Å². The van der Waals surface area contributed by atoms with Crippen molar-refractivity contribution in [2.45, 2.75) is 19.4 Å². The molecule has 0 amide bonds. The zero-order chi connectivity index (χ0) is 13.8. The molecule has 3 nitrogen and oxygen atoms in total. The number of benzene rings is 1. The summed E-state index contributed by atoms with van der Waals surface area (Å²) in [6, 6.07) is 8.66. The van der Waals surface area contributed by atoms with Gasteiger partial charge in [0.1, 0.15) is 5.82 Å². The van der Waals surface area contributed by atoms with E-state index >= 15 is 0 Å². The molecule has 1 aromatic heterocycles. The van der Waals surface area contributed by atoms with Crippen molar-refractivity contribution < 1.29 is 4.39 Å². The van der Waals surface area contributed by atoms with E-state index in [0.717, 1.165) is 15.7 Å². The number of pyridine rings is 1. The first-order valence-electron chi connectivity index (χ1n) is 5.92. The highest BCUT2D eigenvalue weighted by Crippen LogP contribution is 2.21. The third kappa shape index (κ3) is 3.59. The minimum Gasteiger partial charge on any atom is -0.271 e. The van der Waals surface area contributed by atoms with Crippen molar-refractivity contribution >= 4 is 15.9 Å². The molecule has 5 heteroatoms. The number of aryl methyl sites for hydroxylation is 1. The van der Waals surface area contributed by atoms with Gasteiger partial charge in [-0.25, -0.2) is 4.39 Å². The highest BCUT2D eigenvalue weighted by Gasteiger charge is 2.14. The number of nitrogens with one attached hydrogen (secondary N) is 1. The Bertz CT molecular complexity index is 574. The number of hydrazine groups is 1. The maximum absolute atomic E-state index is 13.8. The number of hydrogen-bond acceptors (Lipinski definition) is 3. The first kappa shape index (κ1) is 14.1. The van der Waals surface area contributed by atoms with Gasteiger partial charge in [-0.15, -0.1) is 0 Å². The van der Waals surface area contributed by atoms with Crippen LogP contribution in [0.4, 0.5) is 4.39 Å². The average molecular weight is 324 g/mol. The summed E-state index contributed by atoms with van der Waals surface area (Å²) in [6.45, 7) is 1.99. The third-order valence-corrected chi connectivity index (χ3v) is 3.43. The molecule has 2 aromatic rings. The molecule has 1 aromatic carbocycles. The number of halogens is 2. The van der Waals surface area contributed by atoms with Gasteiger partial charge < -0.3 is 0 Å². The third-order valence-electron chi connectivity index (χ3n) is 2.93. The molecule has 1 heterocycles. The van der Waals surface area contributed by atoms with E-state index in [9.17, 15) is 4.39 Å². The number of aromatic nitrogens is 1. The van der Waals surface area contributed by atoms with E-state index in [1.807, 2.05) is 25.1 Å². The molecule has 100 valence electrons. The Morgan fingerprint density at radius 1 is 1.37 bits per heavy atom. The summed E-state index contributed by atoms with van der Waals surface area (Å²) >= 11 is 3.24. The van der Waals surface area contributed by atoms with Crippen LogP contribution in [0.2, 0.25) is 0 Å². The van der Waals surface area contributed by atoms with Crippen LogP contribution < -0.4 is 11.3 Å². The lowest BCUT2D eigenvalue weighted by Gasteiger charge is -2.16. The van der Waals surface area contributed by atoms with Crippen LogP contribution in [-0.4, -0.2) is 4.98 Å². The zero-order valence-electron chi connectivity index (χ0n) is 10.5. The molecule has 19 heavy (non-hydrogen) atoms. The maximum Gasteiger partial charge on any atom is 0.127 e. The van der Waals surface area contributed by atoms with Crippen molar-refractivity contribution in [3.63, 3.8) is 0 Å². The fraction of sp³-hybridized carbons (Fsp3) is 0.214. The van der Waals surface area contributed by atoms with Crippen molar-refractivity contribution in [1.29, 1.82) is 0 Å². The Balaban J connectivity index is 2.24. The van der Waals surface area contributed by atoms with Crippen LogP contribution in [0.15, 0.2) is 41.0 Å². The Hall–Kier alpha value is -1.30. The van der Waals surface area contributed by atoms with Crippen LogP contribution in [0.1, 0.15) is 22.9 Å². The van der Waals surface area contributed by atoms with Crippen molar-refractivity contribution in [1.82, 2.24) is 10.4 Å². The molecule has 0 saturated heterocycles. The molecule has 0 radical (unpaired) electrons. The smallest absolute Gasteiger partial charge is 0.127 e. The average Bonchev–Trinajstić information content (AvgIpc) is 2.38. The molecule has 1 atom stereocenters. The minimum absolute atomic E-state index is 0.212. The summed E-state index contributed by atoms with van der Waals surface area (Å²) in [5.74, 6) is 5.31. The van der Waals surface area contributed by atoms with Gasteiger partial charge in [0.05, 0.1) is 11.7 Å². The van der Waals surface area contributed by atoms with Crippen LogP contribution in [0.25, 0.3) is 0 Å². The SMILES string of the molecule is Cc1ccnc(C(Cc2ccc(Br)cc2F)NN)c1. The summed E-state index contributed by atoms with van der Waals surface area (Å²) in [6.07, 6.45) is 2.18. The highest BCUT2D eigenvalue weighted by molar-refractivity contribution is 9.10. The number of nitrogens with two attached hydrogens (primary N) is 1. The fourth-order valence-corrected chi connectivity index (χ4v) is 2.24.